The van der Waals surface area contributed by atoms with Crippen LogP contribution in [-0.4, -0.2) is 18.3 Å². The smallest absolute Gasteiger partial charge is 0.174 e. The molecule has 0 saturated carbocycles. The third-order valence-corrected chi connectivity index (χ3v) is 4.08. The molecule has 1 aliphatic heterocycles. The highest BCUT2D eigenvalue weighted by Crippen LogP contribution is 2.35. The number of hydrazone groups is 1. The summed E-state index contributed by atoms with van der Waals surface area (Å²) in [6.45, 7) is 2.01. The van der Waals surface area contributed by atoms with E-state index >= 15 is 0 Å². The summed E-state index contributed by atoms with van der Waals surface area (Å²) in [5.41, 5.74) is 6.76. The van der Waals surface area contributed by atoms with Gasteiger partial charge in [0.25, 0.3) is 0 Å². The van der Waals surface area contributed by atoms with Gasteiger partial charge in [-0.2, -0.15) is 5.10 Å². The van der Waals surface area contributed by atoms with Crippen LogP contribution in [0.1, 0.15) is 18.9 Å². The van der Waals surface area contributed by atoms with Gasteiger partial charge in [-0.3, -0.25) is 4.98 Å². The molecule has 0 saturated heterocycles. The van der Waals surface area contributed by atoms with Crippen molar-refractivity contribution < 1.29 is 13.5 Å². The Balaban J connectivity index is 2.09. The van der Waals surface area contributed by atoms with Gasteiger partial charge in [0.2, 0.25) is 0 Å². The third-order valence-electron chi connectivity index (χ3n) is 4.08. The zero-order valence-electron chi connectivity index (χ0n) is 13.9. The van der Waals surface area contributed by atoms with Gasteiger partial charge in [-0.15, -0.1) is 0 Å². The fourth-order valence-electron chi connectivity index (χ4n) is 2.68. The van der Waals surface area contributed by atoms with Crippen LogP contribution in [0.3, 0.4) is 0 Å². The highest BCUT2D eigenvalue weighted by molar-refractivity contribution is 5.87. The van der Waals surface area contributed by atoms with Crippen molar-refractivity contribution in [3.63, 3.8) is 0 Å². The van der Waals surface area contributed by atoms with Crippen LogP contribution in [0.15, 0.2) is 41.9 Å². The number of hydrogen-bond acceptors (Lipinski definition) is 5. The fraction of sp³-hybridized carbons (Fsp3) is 0.222. The minimum Gasteiger partial charge on any atom is -0.495 e. The molecule has 0 bridgehead atoms. The maximum atomic E-state index is 14.3. The SMILES string of the molecule is CCC1C=NN(c2c(F)ccc(N)c2F)C=C1c1cncc(OC)c1. The first-order valence-corrected chi connectivity index (χ1v) is 7.83. The normalized spacial score (nSPS) is 16.7. The molecule has 0 radical (unpaired) electrons. The topological polar surface area (TPSA) is 63.7 Å². The highest BCUT2D eigenvalue weighted by Gasteiger charge is 2.24. The number of halogens is 2. The van der Waals surface area contributed by atoms with Crippen LogP contribution >= 0.6 is 0 Å². The summed E-state index contributed by atoms with van der Waals surface area (Å²) in [4.78, 5) is 4.15. The number of anilines is 2. The number of aromatic nitrogens is 1. The van der Waals surface area contributed by atoms with Crippen molar-refractivity contribution in [1.29, 1.82) is 0 Å². The van der Waals surface area contributed by atoms with E-state index in [1.165, 1.54) is 11.1 Å². The Hall–Kier alpha value is -2.96. The molecular formula is C18H18F2N4O. The van der Waals surface area contributed by atoms with E-state index in [0.29, 0.717) is 5.75 Å². The van der Waals surface area contributed by atoms with E-state index in [-0.39, 0.29) is 17.3 Å². The van der Waals surface area contributed by atoms with Gasteiger partial charge >= 0.3 is 0 Å². The molecule has 1 atom stereocenters. The second kappa shape index (κ2) is 6.88. The predicted molar refractivity (Wildman–Crippen MR) is 94.3 cm³/mol. The fourth-order valence-corrected chi connectivity index (χ4v) is 2.68. The molecule has 0 aliphatic carbocycles. The molecule has 130 valence electrons. The van der Waals surface area contributed by atoms with Crippen molar-refractivity contribution in [1.82, 2.24) is 4.98 Å². The lowest BCUT2D eigenvalue weighted by Crippen LogP contribution is -2.21. The van der Waals surface area contributed by atoms with Gasteiger partial charge < -0.3 is 10.5 Å². The molecule has 1 aromatic heterocycles. The Morgan fingerprint density at radius 1 is 1.28 bits per heavy atom. The predicted octanol–water partition coefficient (Wildman–Crippen LogP) is 3.82. The minimum absolute atomic E-state index is 0.00247. The monoisotopic (exact) mass is 344 g/mol. The summed E-state index contributed by atoms with van der Waals surface area (Å²) in [5.74, 6) is -0.981. The van der Waals surface area contributed by atoms with Crippen LogP contribution in [0.2, 0.25) is 0 Å². The Labute approximate surface area is 144 Å². The summed E-state index contributed by atoms with van der Waals surface area (Å²) < 4.78 is 33.7. The maximum absolute atomic E-state index is 14.3. The number of allylic oxidation sites excluding steroid dienone is 1. The van der Waals surface area contributed by atoms with Crippen molar-refractivity contribution >= 4 is 23.2 Å². The van der Waals surface area contributed by atoms with E-state index in [9.17, 15) is 8.78 Å². The minimum atomic E-state index is -0.841. The van der Waals surface area contributed by atoms with Crippen LogP contribution < -0.4 is 15.5 Å². The number of methoxy groups -OCH3 is 1. The maximum Gasteiger partial charge on any atom is 0.174 e. The standard InChI is InChI=1S/C18H18F2N4O/c1-3-11-8-23-24(18-15(19)4-5-16(21)17(18)20)10-14(11)12-6-13(25-2)9-22-7-12/h4-11H,3,21H2,1-2H3. The van der Waals surface area contributed by atoms with Gasteiger partial charge in [0, 0.05) is 30.1 Å². The second-order valence-corrected chi connectivity index (χ2v) is 5.62. The summed E-state index contributed by atoms with van der Waals surface area (Å²) in [6.07, 6.45) is 7.32. The molecule has 1 unspecified atom stereocenters. The van der Waals surface area contributed by atoms with Crippen molar-refractivity contribution in [3.05, 3.63) is 54.0 Å². The molecule has 2 aromatic rings. The van der Waals surface area contributed by atoms with E-state index in [4.69, 9.17) is 10.5 Å². The summed E-state index contributed by atoms with van der Waals surface area (Å²) in [6, 6.07) is 4.13. The molecule has 0 spiro atoms. The van der Waals surface area contributed by atoms with E-state index in [1.807, 2.05) is 13.0 Å². The number of hydrogen-bond donors (Lipinski definition) is 1. The molecule has 0 amide bonds. The van der Waals surface area contributed by atoms with Gasteiger partial charge in [-0.25, -0.2) is 13.8 Å². The lowest BCUT2D eigenvalue weighted by molar-refractivity contribution is 0.412. The van der Waals surface area contributed by atoms with Crippen molar-refractivity contribution in [3.8, 4) is 5.75 Å². The van der Waals surface area contributed by atoms with Crippen LogP contribution in [-0.2, 0) is 0 Å². The Morgan fingerprint density at radius 3 is 2.80 bits per heavy atom. The molecule has 2 heterocycles. The molecule has 1 aromatic carbocycles. The van der Waals surface area contributed by atoms with Gasteiger partial charge in [0.1, 0.15) is 11.4 Å². The number of nitrogens with two attached hydrogens (primary N) is 1. The molecule has 5 nitrogen and oxygen atoms in total. The van der Waals surface area contributed by atoms with Gasteiger partial charge in [0.05, 0.1) is 19.0 Å². The third kappa shape index (κ3) is 3.17. The lowest BCUT2D eigenvalue weighted by Gasteiger charge is -2.26. The first kappa shape index (κ1) is 16.9. The molecular weight excluding hydrogens is 326 g/mol. The van der Waals surface area contributed by atoms with Crippen LogP contribution in [0, 0.1) is 17.6 Å². The molecule has 3 rings (SSSR count). The summed E-state index contributed by atoms with van der Waals surface area (Å²) in [7, 11) is 1.55. The number of pyridine rings is 1. The Morgan fingerprint density at radius 2 is 2.08 bits per heavy atom. The number of nitrogen functional groups attached to an aromatic ring is 1. The van der Waals surface area contributed by atoms with E-state index in [2.05, 4.69) is 10.1 Å². The van der Waals surface area contributed by atoms with Gasteiger partial charge in [-0.1, -0.05) is 6.92 Å². The Bertz CT molecular complexity index is 851. The average molecular weight is 344 g/mol. The number of nitrogens with zero attached hydrogens (tertiary/aromatic N) is 3. The zero-order chi connectivity index (χ0) is 18.0. The molecule has 7 heteroatoms. The summed E-state index contributed by atoms with van der Waals surface area (Å²) in [5, 5.41) is 5.35. The highest BCUT2D eigenvalue weighted by atomic mass is 19.1. The van der Waals surface area contributed by atoms with Crippen molar-refractivity contribution in [2.75, 3.05) is 17.9 Å². The quantitative estimate of drug-likeness (QED) is 0.857. The number of rotatable bonds is 4. The van der Waals surface area contributed by atoms with E-state index < -0.39 is 11.6 Å². The first-order chi connectivity index (χ1) is 12.0. The van der Waals surface area contributed by atoms with Crippen molar-refractivity contribution in [2.24, 2.45) is 11.0 Å². The number of ether oxygens (including phenoxy) is 1. The zero-order valence-corrected chi connectivity index (χ0v) is 13.9. The average Bonchev–Trinajstić information content (AvgIpc) is 2.65. The second-order valence-electron chi connectivity index (χ2n) is 5.62. The van der Waals surface area contributed by atoms with Crippen LogP contribution in [0.25, 0.3) is 5.57 Å². The van der Waals surface area contributed by atoms with Gasteiger partial charge in [-0.05, 0) is 30.2 Å². The van der Waals surface area contributed by atoms with E-state index in [0.717, 1.165) is 23.6 Å². The van der Waals surface area contributed by atoms with Gasteiger partial charge in [0.15, 0.2) is 11.6 Å². The van der Waals surface area contributed by atoms with Crippen LogP contribution in [0.4, 0.5) is 20.2 Å². The summed E-state index contributed by atoms with van der Waals surface area (Å²) >= 11 is 0. The first-order valence-electron chi connectivity index (χ1n) is 7.83. The van der Waals surface area contributed by atoms with Crippen molar-refractivity contribution in [2.45, 2.75) is 13.3 Å². The van der Waals surface area contributed by atoms with Crippen LogP contribution in [0.5, 0.6) is 5.75 Å². The lowest BCUT2D eigenvalue weighted by atomic mass is 9.92. The Kier molecular flexibility index (Phi) is 4.65. The van der Waals surface area contributed by atoms with E-state index in [1.54, 1.807) is 31.9 Å². The number of benzene rings is 1. The molecule has 2 N–H and O–H groups in total. The molecule has 25 heavy (non-hydrogen) atoms. The molecule has 0 fully saturated rings. The largest absolute Gasteiger partial charge is 0.495 e. The molecule has 1 aliphatic rings.